The molecule has 3 amide bonds. The molecule has 0 aliphatic carbocycles. The lowest BCUT2D eigenvalue weighted by atomic mass is 9.83. The van der Waals surface area contributed by atoms with Gasteiger partial charge >= 0.3 is 4.87 Å². The lowest BCUT2D eigenvalue weighted by molar-refractivity contribution is -0.122. The number of carbonyl (C=O) groups excluding carboxylic acids is 3. The van der Waals surface area contributed by atoms with Crippen molar-refractivity contribution in [1.29, 1.82) is 0 Å². The number of thioether (sulfide) groups is 1. The standard InChI is InChI=1S/C33H32N4O4S2/c1-4-35(5-2)23-17-13-21(14-18-23)26-27-28(31(40)37(30(27)39)24-15-11-20(3)12-16-24)42-32-29(26)43-33(41)36(32)19-25(38)34-22-9-7-6-8-10-22/h6-18,26-28H,4-5,19H2,1-3H3,(H,34,38)/t26-,27?,28?/m1/s1. The van der Waals surface area contributed by atoms with Crippen LogP contribution in [-0.4, -0.2) is 40.6 Å². The largest absolute Gasteiger partial charge is 0.372 e. The smallest absolute Gasteiger partial charge is 0.308 e. The first-order chi connectivity index (χ1) is 20.8. The van der Waals surface area contributed by atoms with Gasteiger partial charge in [0, 0.05) is 35.3 Å². The first-order valence-corrected chi connectivity index (χ1v) is 16.0. The van der Waals surface area contributed by atoms with Crippen LogP contribution in [0.1, 0.15) is 35.8 Å². The van der Waals surface area contributed by atoms with Crippen molar-refractivity contribution >= 4 is 57.9 Å². The van der Waals surface area contributed by atoms with E-state index in [4.69, 9.17) is 0 Å². The van der Waals surface area contributed by atoms with Gasteiger partial charge in [0.1, 0.15) is 11.8 Å². The van der Waals surface area contributed by atoms with E-state index in [0.717, 1.165) is 41.2 Å². The fourth-order valence-electron chi connectivity index (χ4n) is 5.91. The molecule has 1 N–H and O–H groups in total. The number of aryl methyl sites for hydroxylation is 1. The van der Waals surface area contributed by atoms with Gasteiger partial charge in [-0.15, -0.1) is 0 Å². The number of rotatable bonds is 8. The maximum Gasteiger partial charge on any atom is 0.308 e. The van der Waals surface area contributed by atoms with Gasteiger partial charge in [0.25, 0.3) is 0 Å². The molecule has 2 aliphatic heterocycles. The van der Waals surface area contributed by atoms with Crippen molar-refractivity contribution in [1.82, 2.24) is 4.57 Å². The zero-order valence-electron chi connectivity index (χ0n) is 24.2. The van der Waals surface area contributed by atoms with Crippen LogP contribution in [0.2, 0.25) is 0 Å². The first-order valence-electron chi connectivity index (χ1n) is 14.3. The number of imide groups is 1. The number of hydrogen-bond acceptors (Lipinski definition) is 7. The van der Waals surface area contributed by atoms with Crippen molar-refractivity contribution in [3.05, 3.63) is 105 Å². The fraction of sp³-hybridized carbons (Fsp3) is 0.273. The Balaban J connectivity index is 1.42. The first kappa shape index (κ1) is 28.9. The Bertz CT molecular complexity index is 1730. The summed E-state index contributed by atoms with van der Waals surface area (Å²) in [6, 6.07) is 24.5. The number of nitrogens with zero attached hydrogens (tertiary/aromatic N) is 3. The third-order valence-electron chi connectivity index (χ3n) is 8.08. The Morgan fingerprint density at radius 1 is 0.884 bits per heavy atom. The van der Waals surface area contributed by atoms with Gasteiger partial charge < -0.3 is 10.2 Å². The lowest BCUT2D eigenvalue weighted by Gasteiger charge is -2.31. The van der Waals surface area contributed by atoms with E-state index in [-0.39, 0.29) is 29.1 Å². The van der Waals surface area contributed by atoms with E-state index in [9.17, 15) is 19.2 Å². The summed E-state index contributed by atoms with van der Waals surface area (Å²) in [5, 5.41) is 2.69. The highest BCUT2D eigenvalue weighted by Gasteiger charge is 2.56. The molecule has 2 unspecified atom stereocenters. The summed E-state index contributed by atoms with van der Waals surface area (Å²) in [7, 11) is 0. The highest BCUT2D eigenvalue weighted by molar-refractivity contribution is 8.00. The Morgan fingerprint density at radius 3 is 2.21 bits per heavy atom. The molecule has 10 heteroatoms. The zero-order chi connectivity index (χ0) is 30.2. The molecule has 4 aromatic rings. The second kappa shape index (κ2) is 11.9. The summed E-state index contributed by atoms with van der Waals surface area (Å²) in [5.41, 5.74) is 4.12. The van der Waals surface area contributed by atoms with Crippen LogP contribution in [-0.2, 0) is 20.9 Å². The topological polar surface area (TPSA) is 91.7 Å². The van der Waals surface area contributed by atoms with Gasteiger partial charge in [-0.1, -0.05) is 71.1 Å². The van der Waals surface area contributed by atoms with Gasteiger partial charge in [-0.3, -0.25) is 23.7 Å². The molecule has 0 spiro atoms. The Hall–Kier alpha value is -4.15. The number of aromatic nitrogens is 1. The molecule has 43 heavy (non-hydrogen) atoms. The molecule has 0 saturated carbocycles. The molecule has 3 atom stereocenters. The maximum absolute atomic E-state index is 14.1. The average molecular weight is 613 g/mol. The molecule has 2 aliphatic rings. The molecule has 3 aromatic carbocycles. The highest BCUT2D eigenvalue weighted by Crippen LogP contribution is 2.54. The van der Waals surface area contributed by atoms with Gasteiger partial charge in [0.2, 0.25) is 17.7 Å². The van der Waals surface area contributed by atoms with Crippen LogP contribution < -0.4 is 20.0 Å². The van der Waals surface area contributed by atoms with Crippen LogP contribution in [0.25, 0.3) is 0 Å². The van der Waals surface area contributed by atoms with E-state index < -0.39 is 17.1 Å². The van der Waals surface area contributed by atoms with Crippen LogP contribution >= 0.6 is 23.1 Å². The lowest BCUT2D eigenvalue weighted by Crippen LogP contribution is -2.33. The maximum atomic E-state index is 14.1. The number of anilines is 3. The van der Waals surface area contributed by atoms with E-state index in [1.54, 1.807) is 24.3 Å². The van der Waals surface area contributed by atoms with Gasteiger partial charge in [-0.2, -0.15) is 0 Å². The van der Waals surface area contributed by atoms with E-state index in [0.29, 0.717) is 21.3 Å². The van der Waals surface area contributed by atoms with Gasteiger partial charge in [-0.25, -0.2) is 4.90 Å². The predicted molar refractivity (Wildman–Crippen MR) is 172 cm³/mol. The number of para-hydroxylation sites is 1. The van der Waals surface area contributed by atoms with Crippen LogP contribution in [0.3, 0.4) is 0 Å². The Kier molecular flexibility index (Phi) is 7.98. The molecule has 1 aromatic heterocycles. The van der Waals surface area contributed by atoms with Gasteiger partial charge in [0.05, 0.1) is 16.6 Å². The Labute approximate surface area is 258 Å². The van der Waals surface area contributed by atoms with E-state index >= 15 is 0 Å². The molecular weight excluding hydrogens is 581 g/mol. The highest BCUT2D eigenvalue weighted by atomic mass is 32.2. The third kappa shape index (κ3) is 5.29. The number of amides is 3. The van der Waals surface area contributed by atoms with Crippen molar-refractivity contribution in [3.8, 4) is 0 Å². The number of hydrogen-bond donors (Lipinski definition) is 1. The molecule has 0 bridgehead atoms. The third-order valence-corrected chi connectivity index (χ3v) is 10.7. The molecule has 1 saturated heterocycles. The van der Waals surface area contributed by atoms with Crippen LogP contribution in [0.15, 0.2) is 88.7 Å². The van der Waals surface area contributed by atoms with Gasteiger partial charge in [0.15, 0.2) is 0 Å². The van der Waals surface area contributed by atoms with E-state index in [2.05, 4.69) is 24.1 Å². The number of fused-ring (bicyclic) bond motifs is 2. The number of benzene rings is 3. The van der Waals surface area contributed by atoms with Crippen LogP contribution in [0.4, 0.5) is 17.1 Å². The monoisotopic (exact) mass is 612 g/mol. The molecule has 0 radical (unpaired) electrons. The summed E-state index contributed by atoms with van der Waals surface area (Å²) in [6.07, 6.45) is 0. The minimum atomic E-state index is -0.730. The Morgan fingerprint density at radius 2 is 1.56 bits per heavy atom. The fourth-order valence-corrected chi connectivity index (χ4v) is 8.68. The number of nitrogens with one attached hydrogen (secondary N) is 1. The molecule has 6 rings (SSSR count). The number of carbonyl (C=O) groups is 3. The second-order valence-electron chi connectivity index (χ2n) is 10.7. The van der Waals surface area contributed by atoms with Crippen molar-refractivity contribution in [3.63, 3.8) is 0 Å². The summed E-state index contributed by atoms with van der Waals surface area (Å²) in [6.45, 7) is 7.68. The van der Waals surface area contributed by atoms with Crippen LogP contribution in [0, 0.1) is 12.8 Å². The molecule has 8 nitrogen and oxygen atoms in total. The van der Waals surface area contributed by atoms with Crippen molar-refractivity contribution in [2.24, 2.45) is 5.92 Å². The van der Waals surface area contributed by atoms with Crippen molar-refractivity contribution in [2.45, 2.75) is 43.5 Å². The van der Waals surface area contributed by atoms with E-state index in [1.165, 1.54) is 21.2 Å². The average Bonchev–Trinajstić information content (AvgIpc) is 3.45. The predicted octanol–water partition coefficient (Wildman–Crippen LogP) is 5.50. The summed E-state index contributed by atoms with van der Waals surface area (Å²) < 4.78 is 1.45. The second-order valence-corrected chi connectivity index (χ2v) is 12.8. The quantitative estimate of drug-likeness (QED) is 0.264. The minimum Gasteiger partial charge on any atom is -0.372 e. The zero-order valence-corrected chi connectivity index (χ0v) is 25.8. The normalized spacial score (nSPS) is 19.2. The summed E-state index contributed by atoms with van der Waals surface area (Å²) >= 11 is 2.28. The van der Waals surface area contributed by atoms with E-state index in [1.807, 2.05) is 61.5 Å². The van der Waals surface area contributed by atoms with Crippen molar-refractivity contribution in [2.75, 3.05) is 28.2 Å². The van der Waals surface area contributed by atoms with Crippen LogP contribution in [0.5, 0.6) is 0 Å². The van der Waals surface area contributed by atoms with Gasteiger partial charge in [-0.05, 0) is 62.7 Å². The summed E-state index contributed by atoms with van der Waals surface area (Å²) in [5.74, 6) is -2.11. The summed E-state index contributed by atoms with van der Waals surface area (Å²) in [4.78, 5) is 58.4. The SMILES string of the molecule is CCN(CC)c1ccc([C@H]2c3sc(=O)n(CC(=O)Nc4ccccc4)c3SC3C(=O)N(c4ccc(C)cc4)C(=O)C32)cc1. The number of thiazole rings is 1. The molecule has 220 valence electrons. The molecule has 1 fully saturated rings. The molecular formula is C33H32N4O4S2. The molecule has 3 heterocycles. The van der Waals surface area contributed by atoms with Crippen molar-refractivity contribution < 1.29 is 14.4 Å². The minimum absolute atomic E-state index is 0.193.